The van der Waals surface area contributed by atoms with E-state index >= 15 is 0 Å². The van der Waals surface area contributed by atoms with Crippen LogP contribution in [0.3, 0.4) is 0 Å². The van der Waals surface area contributed by atoms with Crippen LogP contribution in [0.25, 0.3) is 0 Å². The first-order valence-corrected chi connectivity index (χ1v) is 12.9. The molecule has 13 heteroatoms. The van der Waals surface area contributed by atoms with Crippen LogP contribution in [-0.4, -0.2) is 90.4 Å². The van der Waals surface area contributed by atoms with E-state index in [1.165, 1.54) is 6.92 Å². The molecule has 1 N–H and O–H groups in total. The summed E-state index contributed by atoms with van der Waals surface area (Å²) < 4.78 is 45.5. The highest BCUT2D eigenvalue weighted by Crippen LogP contribution is 2.34. The van der Waals surface area contributed by atoms with E-state index in [9.17, 15) is 24.3 Å². The van der Waals surface area contributed by atoms with Gasteiger partial charge in [-0.25, -0.2) is 0 Å². The highest BCUT2D eigenvalue weighted by Gasteiger charge is 2.55. The maximum Gasteiger partial charge on any atom is 0.303 e. The Bertz CT molecular complexity index is 1030. The molecule has 2 heterocycles. The molecular weight excluding hydrogens is 532 g/mol. The molecule has 0 bridgehead atoms. The minimum atomic E-state index is -1.59. The number of carbonyl (C=O) groups is 4. The third kappa shape index (κ3) is 8.21. The molecule has 40 heavy (non-hydrogen) atoms. The first-order chi connectivity index (χ1) is 18.9. The van der Waals surface area contributed by atoms with Crippen LogP contribution in [0, 0.1) is 0 Å². The van der Waals surface area contributed by atoms with Crippen LogP contribution in [0.4, 0.5) is 0 Å². The molecule has 0 amide bonds. The number of hydrogen-bond acceptors (Lipinski definition) is 13. The van der Waals surface area contributed by atoms with Crippen LogP contribution in [0.2, 0.25) is 0 Å². The standard InChI is InChI=1S/C27H36O13/c1-13-20(33-12-19-10-8-7-9-11-19)22(24(26(32)34-13)38-17(5)30)40-27-25(39-18(6)31)23(37-16(4)29)21(14(2)35-27)36-15(3)28/h7-11,13-14,20-27,32H,12H2,1-6H3/t13?,14?,20-,21-,22-,23-,24?,25?,26?,27-/m0/s1. The summed E-state index contributed by atoms with van der Waals surface area (Å²) in [7, 11) is 0. The quantitative estimate of drug-likeness (QED) is 0.334. The fraction of sp³-hybridized carbons (Fsp3) is 0.630. The summed E-state index contributed by atoms with van der Waals surface area (Å²) >= 11 is 0. The molecule has 2 fully saturated rings. The van der Waals surface area contributed by atoms with Gasteiger partial charge in [-0.05, 0) is 19.4 Å². The minimum Gasteiger partial charge on any atom is -0.456 e. The van der Waals surface area contributed by atoms with Gasteiger partial charge in [-0.2, -0.15) is 0 Å². The maximum absolute atomic E-state index is 12.1. The lowest BCUT2D eigenvalue weighted by molar-refractivity contribution is -0.355. The molecule has 2 aliphatic rings. The van der Waals surface area contributed by atoms with E-state index in [0.29, 0.717) is 0 Å². The first kappa shape index (κ1) is 31.4. The largest absolute Gasteiger partial charge is 0.456 e. The van der Waals surface area contributed by atoms with Gasteiger partial charge in [0.2, 0.25) is 0 Å². The van der Waals surface area contributed by atoms with E-state index in [0.717, 1.165) is 26.3 Å². The van der Waals surface area contributed by atoms with Crippen LogP contribution in [-0.2, 0) is 63.7 Å². The molecule has 0 spiro atoms. The van der Waals surface area contributed by atoms with Gasteiger partial charge in [0.05, 0.1) is 18.8 Å². The molecule has 0 aliphatic carbocycles. The molecule has 13 nitrogen and oxygen atoms in total. The summed E-state index contributed by atoms with van der Waals surface area (Å²) in [6.45, 7) is 7.93. The van der Waals surface area contributed by atoms with E-state index in [2.05, 4.69) is 0 Å². The topological polar surface area (TPSA) is 162 Å². The van der Waals surface area contributed by atoms with Crippen molar-refractivity contribution in [1.82, 2.24) is 0 Å². The number of aliphatic hydroxyl groups is 1. The summed E-state index contributed by atoms with van der Waals surface area (Å²) in [6.07, 6.45) is -12.0. The number of hydrogen-bond donors (Lipinski definition) is 1. The Morgan fingerprint density at radius 1 is 0.675 bits per heavy atom. The zero-order valence-corrected chi connectivity index (χ0v) is 23.2. The molecular formula is C27H36O13. The van der Waals surface area contributed by atoms with Crippen molar-refractivity contribution in [1.29, 1.82) is 0 Å². The Kier molecular flexibility index (Phi) is 11.0. The minimum absolute atomic E-state index is 0.127. The van der Waals surface area contributed by atoms with Gasteiger partial charge in [0.25, 0.3) is 0 Å². The average Bonchev–Trinajstić information content (AvgIpc) is 2.85. The predicted octanol–water partition coefficient (Wildman–Crippen LogP) is 1.17. The molecule has 0 saturated carbocycles. The van der Waals surface area contributed by atoms with Crippen molar-refractivity contribution in [2.45, 2.75) is 110 Å². The first-order valence-electron chi connectivity index (χ1n) is 12.9. The fourth-order valence-corrected chi connectivity index (χ4v) is 4.69. The summed E-state index contributed by atoms with van der Waals surface area (Å²) in [4.78, 5) is 47.8. The van der Waals surface area contributed by atoms with E-state index < -0.39 is 85.3 Å². The lowest BCUT2D eigenvalue weighted by Crippen LogP contribution is -2.65. The van der Waals surface area contributed by atoms with Gasteiger partial charge < -0.3 is 43.0 Å². The number of esters is 4. The Labute approximate surface area is 231 Å². The van der Waals surface area contributed by atoms with E-state index in [4.69, 9.17) is 37.9 Å². The van der Waals surface area contributed by atoms with Crippen molar-refractivity contribution in [3.05, 3.63) is 35.9 Å². The third-order valence-electron chi connectivity index (χ3n) is 6.26. The Morgan fingerprint density at radius 3 is 1.75 bits per heavy atom. The summed E-state index contributed by atoms with van der Waals surface area (Å²) in [6, 6.07) is 9.24. The van der Waals surface area contributed by atoms with Gasteiger partial charge in [0.15, 0.2) is 37.0 Å². The smallest absolute Gasteiger partial charge is 0.303 e. The monoisotopic (exact) mass is 568 g/mol. The summed E-state index contributed by atoms with van der Waals surface area (Å²) in [5.74, 6) is -2.89. The van der Waals surface area contributed by atoms with Gasteiger partial charge in [-0.1, -0.05) is 30.3 Å². The Morgan fingerprint density at radius 2 is 1.18 bits per heavy atom. The summed E-state index contributed by atoms with van der Waals surface area (Å²) in [5, 5.41) is 10.7. The molecule has 0 radical (unpaired) electrons. The molecule has 3 rings (SSSR count). The number of rotatable bonds is 9. The molecule has 5 unspecified atom stereocenters. The van der Waals surface area contributed by atoms with E-state index in [-0.39, 0.29) is 6.61 Å². The molecule has 10 atom stereocenters. The predicted molar refractivity (Wildman–Crippen MR) is 133 cm³/mol. The molecule has 2 aliphatic heterocycles. The molecule has 0 aromatic heterocycles. The highest BCUT2D eigenvalue weighted by atomic mass is 16.8. The van der Waals surface area contributed by atoms with Gasteiger partial charge in [0, 0.05) is 27.7 Å². The number of benzene rings is 1. The van der Waals surface area contributed by atoms with Gasteiger partial charge in [0.1, 0.15) is 12.2 Å². The van der Waals surface area contributed by atoms with Gasteiger partial charge in [-0.3, -0.25) is 19.2 Å². The van der Waals surface area contributed by atoms with E-state index in [1.807, 2.05) is 30.3 Å². The Hall–Kier alpha value is -3.10. The molecule has 1 aromatic rings. The van der Waals surface area contributed by atoms with Crippen molar-refractivity contribution in [2.24, 2.45) is 0 Å². The SMILES string of the molecule is CC(=O)OC1C(O)OC(C)[C@H](OCc2ccccc2)[C@@H]1O[C@@H]1OC(C)[C@H](OC(C)=O)[C@H](OC(C)=O)C1OC(C)=O. The average molecular weight is 569 g/mol. The van der Waals surface area contributed by atoms with Crippen molar-refractivity contribution < 1.29 is 62.2 Å². The second-order valence-electron chi connectivity index (χ2n) is 9.60. The van der Waals surface area contributed by atoms with Crippen molar-refractivity contribution in [3.63, 3.8) is 0 Å². The normalized spacial score (nSPS) is 33.9. The highest BCUT2D eigenvalue weighted by molar-refractivity contribution is 5.68. The zero-order valence-electron chi connectivity index (χ0n) is 23.2. The Balaban J connectivity index is 1.98. The second kappa shape index (κ2) is 14.0. The van der Waals surface area contributed by atoms with Gasteiger partial charge >= 0.3 is 23.9 Å². The molecule has 2 saturated heterocycles. The maximum atomic E-state index is 12.1. The number of aliphatic hydroxyl groups excluding tert-OH is 1. The molecule has 1 aromatic carbocycles. The number of ether oxygens (including phenoxy) is 8. The van der Waals surface area contributed by atoms with Crippen LogP contribution in [0.5, 0.6) is 0 Å². The van der Waals surface area contributed by atoms with Gasteiger partial charge in [-0.15, -0.1) is 0 Å². The molecule has 222 valence electrons. The van der Waals surface area contributed by atoms with Crippen molar-refractivity contribution >= 4 is 23.9 Å². The van der Waals surface area contributed by atoms with Crippen LogP contribution in [0.1, 0.15) is 47.1 Å². The fourth-order valence-electron chi connectivity index (χ4n) is 4.69. The lowest BCUT2D eigenvalue weighted by Gasteiger charge is -2.48. The lowest BCUT2D eigenvalue weighted by atomic mass is 9.96. The second-order valence-corrected chi connectivity index (χ2v) is 9.60. The summed E-state index contributed by atoms with van der Waals surface area (Å²) in [5.41, 5.74) is 0.836. The zero-order chi connectivity index (χ0) is 29.6. The van der Waals surface area contributed by atoms with E-state index in [1.54, 1.807) is 13.8 Å². The third-order valence-corrected chi connectivity index (χ3v) is 6.26. The van der Waals surface area contributed by atoms with Crippen LogP contribution in [0.15, 0.2) is 30.3 Å². The van der Waals surface area contributed by atoms with Crippen LogP contribution >= 0.6 is 0 Å². The number of carbonyl (C=O) groups excluding carboxylic acids is 4. The van der Waals surface area contributed by atoms with Crippen molar-refractivity contribution in [3.8, 4) is 0 Å². The van der Waals surface area contributed by atoms with Crippen molar-refractivity contribution in [2.75, 3.05) is 0 Å². The van der Waals surface area contributed by atoms with Crippen LogP contribution < -0.4 is 0 Å².